The molecular weight excluding hydrogens is 416 g/mol. The minimum atomic E-state index is -0.200. The van der Waals surface area contributed by atoms with E-state index in [-0.39, 0.29) is 18.0 Å². The first-order chi connectivity index (χ1) is 16.2. The van der Waals surface area contributed by atoms with Gasteiger partial charge in [-0.25, -0.2) is 9.48 Å². The van der Waals surface area contributed by atoms with Crippen molar-refractivity contribution in [1.82, 2.24) is 25.0 Å². The Hall–Kier alpha value is -3.23. The number of carbonyl (C=O) groups is 1. The highest BCUT2D eigenvalue weighted by atomic mass is 16.5. The Morgan fingerprint density at radius 1 is 1.15 bits per heavy atom. The van der Waals surface area contributed by atoms with Gasteiger partial charge in [0.05, 0.1) is 30.2 Å². The molecule has 8 heteroatoms. The minimum Gasteiger partial charge on any atom is -0.383 e. The average Bonchev–Trinajstić information content (AvgIpc) is 3.55. The molecule has 0 radical (unpaired) electrons. The summed E-state index contributed by atoms with van der Waals surface area (Å²) >= 11 is 0. The predicted octanol–water partition coefficient (Wildman–Crippen LogP) is 2.99. The van der Waals surface area contributed by atoms with E-state index in [2.05, 4.69) is 44.8 Å². The van der Waals surface area contributed by atoms with Gasteiger partial charge in [-0.3, -0.25) is 15.2 Å². The first-order valence-corrected chi connectivity index (χ1v) is 11.6. The van der Waals surface area contributed by atoms with E-state index in [9.17, 15) is 4.79 Å². The van der Waals surface area contributed by atoms with Gasteiger partial charge in [0.15, 0.2) is 0 Å². The fourth-order valence-corrected chi connectivity index (χ4v) is 4.97. The van der Waals surface area contributed by atoms with Crippen molar-refractivity contribution in [2.24, 2.45) is 0 Å². The molecule has 2 aromatic heterocycles. The molecule has 1 saturated heterocycles. The molecule has 2 amide bonds. The molecule has 2 aliphatic rings. The van der Waals surface area contributed by atoms with Crippen molar-refractivity contribution in [1.29, 1.82) is 0 Å². The monoisotopic (exact) mass is 446 g/mol. The van der Waals surface area contributed by atoms with Crippen molar-refractivity contribution in [3.05, 3.63) is 71.7 Å². The number of benzene rings is 1. The maximum absolute atomic E-state index is 13.2. The summed E-state index contributed by atoms with van der Waals surface area (Å²) < 4.78 is 7.08. The molecule has 1 aliphatic carbocycles. The fraction of sp³-hybridized carbons (Fsp3) is 0.400. The predicted molar refractivity (Wildman–Crippen MR) is 127 cm³/mol. The van der Waals surface area contributed by atoms with Crippen LogP contribution in [0.2, 0.25) is 0 Å². The van der Waals surface area contributed by atoms with Gasteiger partial charge >= 0.3 is 6.03 Å². The summed E-state index contributed by atoms with van der Waals surface area (Å²) in [7, 11) is 1.72. The quantitative estimate of drug-likeness (QED) is 0.583. The largest absolute Gasteiger partial charge is 0.383 e. The van der Waals surface area contributed by atoms with Gasteiger partial charge < -0.3 is 10.1 Å². The van der Waals surface area contributed by atoms with Crippen LogP contribution in [-0.2, 0) is 17.6 Å². The van der Waals surface area contributed by atoms with E-state index in [0.717, 1.165) is 61.7 Å². The molecule has 2 unspecified atom stereocenters. The molecule has 2 N–H and O–H groups in total. The first-order valence-electron chi connectivity index (χ1n) is 11.6. The zero-order valence-corrected chi connectivity index (χ0v) is 18.9. The van der Waals surface area contributed by atoms with Gasteiger partial charge in [0.25, 0.3) is 0 Å². The highest BCUT2D eigenvalue weighted by Gasteiger charge is 2.35. The SMILES string of the molecule is COCCN1CC(NC(=O)Nc2c3c(nn2-c2cccnc2)CCC3)C(c2ccccc2)C1. The molecule has 3 heterocycles. The highest BCUT2D eigenvalue weighted by Crippen LogP contribution is 2.31. The van der Waals surface area contributed by atoms with Crippen LogP contribution in [-0.4, -0.2) is 65.1 Å². The molecule has 2 atom stereocenters. The first kappa shape index (κ1) is 21.6. The zero-order valence-electron chi connectivity index (χ0n) is 18.9. The molecule has 5 rings (SSSR count). The molecule has 1 aliphatic heterocycles. The van der Waals surface area contributed by atoms with Gasteiger partial charge in [0, 0.05) is 44.4 Å². The number of anilines is 1. The number of methoxy groups -OCH3 is 1. The van der Waals surface area contributed by atoms with Crippen LogP contribution in [0.5, 0.6) is 0 Å². The number of hydrogen-bond donors (Lipinski definition) is 2. The van der Waals surface area contributed by atoms with Gasteiger partial charge in [-0.1, -0.05) is 30.3 Å². The number of carbonyl (C=O) groups excluding carboxylic acids is 1. The van der Waals surface area contributed by atoms with Gasteiger partial charge in [0.2, 0.25) is 0 Å². The van der Waals surface area contributed by atoms with E-state index in [1.165, 1.54) is 5.56 Å². The minimum absolute atomic E-state index is 0.00654. The van der Waals surface area contributed by atoms with Crippen molar-refractivity contribution in [3.63, 3.8) is 0 Å². The molecule has 3 aromatic rings. The molecule has 1 fully saturated rings. The summed E-state index contributed by atoms with van der Waals surface area (Å²) in [5.41, 5.74) is 4.27. The van der Waals surface area contributed by atoms with Gasteiger partial charge in [0.1, 0.15) is 5.82 Å². The number of likely N-dealkylation sites (tertiary alicyclic amines) is 1. The maximum Gasteiger partial charge on any atom is 0.320 e. The standard InChI is InChI=1S/C25H30N6O2/c1-33-14-13-30-16-21(18-7-3-2-4-8-18)23(17-30)27-25(32)28-24-20-10-5-11-22(20)29-31(24)19-9-6-12-26-15-19/h2-4,6-9,12,15,21,23H,5,10-11,13-14,16-17H2,1H3,(H2,27,28,32). The number of aryl methyl sites for hydroxylation is 1. The van der Waals surface area contributed by atoms with Gasteiger partial charge in [-0.05, 0) is 37.0 Å². The van der Waals surface area contributed by atoms with Crippen LogP contribution in [0.3, 0.4) is 0 Å². The molecule has 0 spiro atoms. The number of nitrogens with one attached hydrogen (secondary N) is 2. The third kappa shape index (κ3) is 4.62. The summed E-state index contributed by atoms with van der Waals surface area (Å²) in [6.07, 6.45) is 6.42. The third-order valence-electron chi connectivity index (χ3n) is 6.58. The third-order valence-corrected chi connectivity index (χ3v) is 6.58. The van der Waals surface area contributed by atoms with Crippen molar-refractivity contribution < 1.29 is 9.53 Å². The van der Waals surface area contributed by atoms with Crippen LogP contribution in [0.4, 0.5) is 10.6 Å². The lowest BCUT2D eigenvalue weighted by atomic mass is 9.94. The van der Waals surface area contributed by atoms with E-state index in [0.29, 0.717) is 6.61 Å². The topological polar surface area (TPSA) is 84.3 Å². The Balaban J connectivity index is 1.35. The fourth-order valence-electron chi connectivity index (χ4n) is 4.97. The second-order valence-electron chi connectivity index (χ2n) is 8.72. The van der Waals surface area contributed by atoms with E-state index < -0.39 is 0 Å². The lowest BCUT2D eigenvalue weighted by Crippen LogP contribution is -2.42. The lowest BCUT2D eigenvalue weighted by Gasteiger charge is -2.21. The van der Waals surface area contributed by atoms with Crippen LogP contribution in [0.25, 0.3) is 5.69 Å². The summed E-state index contributed by atoms with van der Waals surface area (Å²) in [6, 6.07) is 14.1. The number of aromatic nitrogens is 3. The van der Waals surface area contributed by atoms with E-state index in [1.807, 2.05) is 22.9 Å². The number of hydrogen-bond acceptors (Lipinski definition) is 5. The summed E-state index contributed by atoms with van der Waals surface area (Å²) in [5.74, 6) is 0.973. The molecule has 0 saturated carbocycles. The lowest BCUT2D eigenvalue weighted by molar-refractivity contribution is 0.159. The smallest absolute Gasteiger partial charge is 0.320 e. The number of amides is 2. The Morgan fingerprint density at radius 3 is 2.82 bits per heavy atom. The number of ether oxygens (including phenoxy) is 1. The number of urea groups is 1. The normalized spacial score (nSPS) is 20.0. The Bertz CT molecular complexity index is 1090. The van der Waals surface area contributed by atoms with Crippen LogP contribution in [0, 0.1) is 0 Å². The maximum atomic E-state index is 13.2. The summed E-state index contributed by atoms with van der Waals surface area (Å²) in [6.45, 7) is 3.20. The number of fused-ring (bicyclic) bond motifs is 1. The summed E-state index contributed by atoms with van der Waals surface area (Å²) in [4.78, 5) is 19.8. The number of nitrogens with zero attached hydrogens (tertiary/aromatic N) is 4. The van der Waals surface area contributed by atoms with Crippen molar-refractivity contribution >= 4 is 11.8 Å². The molecule has 172 valence electrons. The summed E-state index contributed by atoms with van der Waals surface area (Å²) in [5, 5.41) is 11.1. The van der Waals surface area contributed by atoms with E-state index in [1.54, 1.807) is 19.5 Å². The zero-order chi connectivity index (χ0) is 22.6. The second kappa shape index (κ2) is 9.72. The Kier molecular flexibility index (Phi) is 6.37. The second-order valence-corrected chi connectivity index (χ2v) is 8.72. The molecule has 0 bridgehead atoms. The Labute approximate surface area is 194 Å². The number of pyridine rings is 1. The van der Waals surface area contributed by atoms with Crippen LogP contribution in [0.1, 0.15) is 29.2 Å². The van der Waals surface area contributed by atoms with Crippen molar-refractivity contribution in [2.45, 2.75) is 31.2 Å². The van der Waals surface area contributed by atoms with Crippen LogP contribution >= 0.6 is 0 Å². The van der Waals surface area contributed by atoms with Gasteiger partial charge in [-0.15, -0.1) is 0 Å². The average molecular weight is 447 g/mol. The molecule has 33 heavy (non-hydrogen) atoms. The van der Waals surface area contributed by atoms with E-state index >= 15 is 0 Å². The van der Waals surface area contributed by atoms with E-state index in [4.69, 9.17) is 9.84 Å². The van der Waals surface area contributed by atoms with Crippen LogP contribution in [0.15, 0.2) is 54.9 Å². The van der Waals surface area contributed by atoms with Gasteiger partial charge in [-0.2, -0.15) is 5.10 Å². The molecule has 1 aromatic carbocycles. The van der Waals surface area contributed by atoms with Crippen molar-refractivity contribution in [3.8, 4) is 5.69 Å². The van der Waals surface area contributed by atoms with Crippen molar-refractivity contribution in [2.75, 3.05) is 38.7 Å². The number of rotatable bonds is 7. The Morgan fingerprint density at radius 2 is 2.03 bits per heavy atom. The van der Waals surface area contributed by atoms with Crippen LogP contribution < -0.4 is 10.6 Å². The molecular formula is C25H30N6O2. The highest BCUT2D eigenvalue weighted by molar-refractivity contribution is 5.90. The molecule has 8 nitrogen and oxygen atoms in total.